The van der Waals surface area contributed by atoms with Gasteiger partial charge in [0.15, 0.2) is 0 Å². The van der Waals surface area contributed by atoms with E-state index >= 15 is 0 Å². The SMILES string of the molecule is CC(C)N1C[C@@H](C(=O)O)CC1=O. The number of likely N-dealkylation sites (tertiary alicyclic amines) is 1. The van der Waals surface area contributed by atoms with E-state index < -0.39 is 11.9 Å². The standard InChI is InChI=1S/C8H13NO3/c1-5(2)9-4-6(8(11)12)3-7(9)10/h5-6H,3-4H2,1-2H3,(H,11,12)/t6-/m0/s1. The van der Waals surface area contributed by atoms with E-state index in [0.29, 0.717) is 6.54 Å². The third-order valence-corrected chi connectivity index (χ3v) is 2.13. The molecule has 1 rings (SSSR count). The fraction of sp³-hybridized carbons (Fsp3) is 0.750. The van der Waals surface area contributed by atoms with Crippen LogP contribution in [0, 0.1) is 5.92 Å². The molecule has 1 aliphatic heterocycles. The van der Waals surface area contributed by atoms with Crippen LogP contribution in [-0.4, -0.2) is 34.5 Å². The van der Waals surface area contributed by atoms with Crippen LogP contribution in [0.4, 0.5) is 0 Å². The van der Waals surface area contributed by atoms with Crippen LogP contribution >= 0.6 is 0 Å². The lowest BCUT2D eigenvalue weighted by molar-refractivity contribution is -0.141. The highest BCUT2D eigenvalue weighted by atomic mass is 16.4. The Morgan fingerprint density at radius 3 is 2.50 bits per heavy atom. The zero-order chi connectivity index (χ0) is 9.30. The number of hydrogen-bond acceptors (Lipinski definition) is 2. The molecule has 0 bridgehead atoms. The zero-order valence-corrected chi connectivity index (χ0v) is 7.28. The van der Waals surface area contributed by atoms with Crippen LogP contribution in [0.25, 0.3) is 0 Å². The summed E-state index contributed by atoms with van der Waals surface area (Å²) in [6, 6.07) is 0.113. The molecule has 1 fully saturated rings. The highest BCUT2D eigenvalue weighted by Crippen LogP contribution is 2.19. The van der Waals surface area contributed by atoms with Crippen molar-refractivity contribution < 1.29 is 14.7 Å². The van der Waals surface area contributed by atoms with Gasteiger partial charge >= 0.3 is 5.97 Å². The first-order valence-corrected chi connectivity index (χ1v) is 4.04. The van der Waals surface area contributed by atoms with E-state index in [2.05, 4.69) is 0 Å². The molecule has 1 heterocycles. The molecule has 1 atom stereocenters. The number of carbonyl (C=O) groups excluding carboxylic acids is 1. The summed E-state index contributed by atoms with van der Waals surface area (Å²) in [5.74, 6) is -1.41. The normalized spacial score (nSPS) is 23.8. The van der Waals surface area contributed by atoms with E-state index in [9.17, 15) is 9.59 Å². The molecule has 0 aromatic heterocycles. The molecule has 0 saturated carbocycles. The van der Waals surface area contributed by atoms with E-state index in [1.54, 1.807) is 4.90 Å². The molecule has 1 saturated heterocycles. The van der Waals surface area contributed by atoms with E-state index in [-0.39, 0.29) is 18.4 Å². The van der Waals surface area contributed by atoms with Gasteiger partial charge in [-0.3, -0.25) is 9.59 Å². The van der Waals surface area contributed by atoms with Crippen molar-refractivity contribution in [2.24, 2.45) is 5.92 Å². The first kappa shape index (κ1) is 9.03. The van der Waals surface area contributed by atoms with Gasteiger partial charge in [0.05, 0.1) is 5.92 Å². The maximum Gasteiger partial charge on any atom is 0.308 e. The van der Waals surface area contributed by atoms with Gasteiger partial charge in [-0.25, -0.2) is 0 Å². The molecule has 0 aromatic rings. The minimum atomic E-state index is -0.869. The van der Waals surface area contributed by atoms with Crippen LogP contribution in [0.5, 0.6) is 0 Å². The second-order valence-electron chi connectivity index (χ2n) is 3.38. The number of hydrogen-bond donors (Lipinski definition) is 1. The Hall–Kier alpha value is -1.06. The monoisotopic (exact) mass is 171 g/mol. The fourth-order valence-electron chi connectivity index (χ4n) is 1.40. The van der Waals surface area contributed by atoms with Crippen LogP contribution in [0.2, 0.25) is 0 Å². The predicted molar refractivity (Wildman–Crippen MR) is 42.6 cm³/mol. The topological polar surface area (TPSA) is 57.6 Å². The quantitative estimate of drug-likeness (QED) is 0.651. The summed E-state index contributed by atoms with van der Waals surface area (Å²) in [5, 5.41) is 8.65. The number of rotatable bonds is 2. The van der Waals surface area contributed by atoms with Crippen molar-refractivity contribution in [1.29, 1.82) is 0 Å². The second-order valence-corrected chi connectivity index (χ2v) is 3.38. The van der Waals surface area contributed by atoms with E-state index in [1.165, 1.54) is 0 Å². The van der Waals surface area contributed by atoms with Gasteiger partial charge in [0.1, 0.15) is 0 Å². The van der Waals surface area contributed by atoms with Crippen molar-refractivity contribution in [3.05, 3.63) is 0 Å². The van der Waals surface area contributed by atoms with E-state index in [4.69, 9.17) is 5.11 Å². The lowest BCUT2D eigenvalue weighted by Gasteiger charge is -2.20. The van der Waals surface area contributed by atoms with Crippen LogP contribution < -0.4 is 0 Å². The summed E-state index contributed by atoms with van der Waals surface area (Å²) < 4.78 is 0. The van der Waals surface area contributed by atoms with Gasteiger partial charge in [-0.05, 0) is 13.8 Å². The molecule has 1 amide bonds. The Bertz CT molecular complexity index is 212. The van der Waals surface area contributed by atoms with Crippen molar-refractivity contribution >= 4 is 11.9 Å². The number of amides is 1. The van der Waals surface area contributed by atoms with Gasteiger partial charge in [0.2, 0.25) is 5.91 Å². The third-order valence-electron chi connectivity index (χ3n) is 2.13. The molecule has 0 spiro atoms. The summed E-state index contributed by atoms with van der Waals surface area (Å²) in [7, 11) is 0. The highest BCUT2D eigenvalue weighted by molar-refractivity contribution is 5.86. The third kappa shape index (κ3) is 1.57. The Balaban J connectivity index is 2.62. The Kier molecular flexibility index (Phi) is 2.35. The lowest BCUT2D eigenvalue weighted by Crippen LogP contribution is -2.32. The average molecular weight is 171 g/mol. The highest BCUT2D eigenvalue weighted by Gasteiger charge is 2.35. The molecule has 0 aromatic carbocycles. The summed E-state index contributed by atoms with van der Waals surface area (Å²) in [5.41, 5.74) is 0. The van der Waals surface area contributed by atoms with Crippen LogP contribution in [0.15, 0.2) is 0 Å². The van der Waals surface area contributed by atoms with Crippen molar-refractivity contribution in [1.82, 2.24) is 4.90 Å². The smallest absolute Gasteiger partial charge is 0.308 e. The Labute approximate surface area is 71.2 Å². The second kappa shape index (κ2) is 3.13. The first-order valence-electron chi connectivity index (χ1n) is 4.04. The summed E-state index contributed by atoms with van der Waals surface area (Å²) >= 11 is 0. The molecule has 68 valence electrons. The molecule has 4 nitrogen and oxygen atoms in total. The van der Waals surface area contributed by atoms with E-state index in [1.807, 2.05) is 13.8 Å². The van der Waals surface area contributed by atoms with Crippen LogP contribution in [-0.2, 0) is 9.59 Å². The van der Waals surface area contributed by atoms with Gasteiger partial charge in [0.25, 0.3) is 0 Å². The average Bonchev–Trinajstić information content (AvgIpc) is 2.30. The van der Waals surface area contributed by atoms with Crippen molar-refractivity contribution in [2.75, 3.05) is 6.54 Å². The largest absolute Gasteiger partial charge is 0.481 e. The van der Waals surface area contributed by atoms with Crippen LogP contribution in [0.1, 0.15) is 20.3 Å². The zero-order valence-electron chi connectivity index (χ0n) is 7.28. The first-order chi connectivity index (χ1) is 5.52. The van der Waals surface area contributed by atoms with Gasteiger partial charge in [-0.2, -0.15) is 0 Å². The Morgan fingerprint density at radius 2 is 2.25 bits per heavy atom. The number of aliphatic carboxylic acids is 1. The predicted octanol–water partition coefficient (Wildman–Crippen LogP) is 0.328. The number of carboxylic acids is 1. The number of nitrogens with zero attached hydrogens (tertiary/aromatic N) is 1. The van der Waals surface area contributed by atoms with Crippen molar-refractivity contribution in [3.63, 3.8) is 0 Å². The minimum absolute atomic E-state index is 0.0441. The summed E-state index contributed by atoms with van der Waals surface area (Å²) in [6.45, 7) is 4.15. The Morgan fingerprint density at radius 1 is 1.67 bits per heavy atom. The van der Waals surface area contributed by atoms with Crippen molar-refractivity contribution in [3.8, 4) is 0 Å². The summed E-state index contributed by atoms with van der Waals surface area (Å²) in [4.78, 5) is 23.3. The molecule has 0 aliphatic carbocycles. The molecule has 0 radical (unpaired) electrons. The fourth-order valence-corrected chi connectivity index (χ4v) is 1.40. The van der Waals surface area contributed by atoms with Crippen LogP contribution in [0.3, 0.4) is 0 Å². The van der Waals surface area contributed by atoms with Gasteiger partial charge in [0, 0.05) is 19.0 Å². The summed E-state index contributed by atoms with van der Waals surface area (Å²) in [6.07, 6.45) is 0.160. The molecular formula is C8H13NO3. The molecular weight excluding hydrogens is 158 g/mol. The van der Waals surface area contributed by atoms with E-state index in [0.717, 1.165) is 0 Å². The minimum Gasteiger partial charge on any atom is -0.481 e. The number of carbonyl (C=O) groups is 2. The molecule has 0 unspecified atom stereocenters. The van der Waals surface area contributed by atoms with Gasteiger partial charge in [-0.1, -0.05) is 0 Å². The molecule has 4 heteroatoms. The molecule has 12 heavy (non-hydrogen) atoms. The van der Waals surface area contributed by atoms with Gasteiger partial charge in [-0.15, -0.1) is 0 Å². The maximum absolute atomic E-state index is 11.2. The van der Waals surface area contributed by atoms with Gasteiger partial charge < -0.3 is 10.0 Å². The molecule has 1 N–H and O–H groups in total. The molecule has 1 aliphatic rings. The lowest BCUT2D eigenvalue weighted by atomic mass is 10.1. The number of carboxylic acid groups (broad SMARTS) is 1. The maximum atomic E-state index is 11.2. The van der Waals surface area contributed by atoms with Crippen molar-refractivity contribution in [2.45, 2.75) is 26.3 Å².